The van der Waals surface area contributed by atoms with E-state index in [0.717, 1.165) is 16.9 Å². The fourth-order valence-corrected chi connectivity index (χ4v) is 3.12. The van der Waals surface area contributed by atoms with Crippen molar-refractivity contribution >= 4 is 23.1 Å². The van der Waals surface area contributed by atoms with E-state index in [1.54, 1.807) is 6.20 Å². The van der Waals surface area contributed by atoms with Gasteiger partial charge in [0.2, 0.25) is 0 Å². The van der Waals surface area contributed by atoms with Crippen molar-refractivity contribution in [1.29, 1.82) is 0 Å². The van der Waals surface area contributed by atoms with Crippen LogP contribution in [-0.4, -0.2) is 10.9 Å². The van der Waals surface area contributed by atoms with E-state index >= 15 is 0 Å². The highest BCUT2D eigenvalue weighted by Crippen LogP contribution is 2.21. The van der Waals surface area contributed by atoms with Gasteiger partial charge < -0.3 is 10.1 Å². The number of aryl methyl sites for hydroxylation is 3. The number of rotatable bonds is 5. The highest BCUT2D eigenvalue weighted by Gasteiger charge is 2.11. The first-order valence-corrected chi connectivity index (χ1v) is 8.91. The summed E-state index contributed by atoms with van der Waals surface area (Å²) in [7, 11) is 0. The summed E-state index contributed by atoms with van der Waals surface area (Å²) in [4.78, 5) is 17.1. The summed E-state index contributed by atoms with van der Waals surface area (Å²) in [6, 6.07) is 11.6. The molecule has 1 aromatic carbocycles. The number of hydrogen-bond acceptors (Lipinski definition) is 4. The third-order valence-electron chi connectivity index (χ3n) is 3.92. The van der Waals surface area contributed by atoms with E-state index in [4.69, 9.17) is 4.74 Å². The first-order valence-electron chi connectivity index (χ1n) is 8.03. The van der Waals surface area contributed by atoms with Gasteiger partial charge in [-0.25, -0.2) is 4.98 Å². The molecule has 25 heavy (non-hydrogen) atoms. The number of hydrogen-bond donors (Lipinski definition) is 1. The van der Waals surface area contributed by atoms with Crippen LogP contribution in [0.3, 0.4) is 0 Å². The Morgan fingerprint density at radius 3 is 2.72 bits per heavy atom. The molecule has 3 rings (SSSR count). The van der Waals surface area contributed by atoms with E-state index in [-0.39, 0.29) is 5.91 Å². The minimum Gasteiger partial charge on any atom is -0.489 e. The fraction of sp³-hybridized carbons (Fsp3) is 0.200. The number of nitrogens with zero attached hydrogens (tertiary/aromatic N) is 1. The second-order valence-electron chi connectivity index (χ2n) is 6.03. The van der Waals surface area contributed by atoms with Gasteiger partial charge in [0, 0.05) is 11.8 Å². The van der Waals surface area contributed by atoms with Gasteiger partial charge in [0.25, 0.3) is 5.91 Å². The number of thiophene rings is 1. The molecule has 0 radical (unpaired) electrons. The number of carbonyl (C=O) groups is 1. The van der Waals surface area contributed by atoms with Gasteiger partial charge in [0.15, 0.2) is 0 Å². The Morgan fingerprint density at radius 1 is 1.12 bits per heavy atom. The molecule has 128 valence electrons. The predicted octanol–water partition coefficient (Wildman–Crippen LogP) is 4.90. The molecule has 1 amide bonds. The predicted molar refractivity (Wildman–Crippen MR) is 101 cm³/mol. The van der Waals surface area contributed by atoms with Gasteiger partial charge in [0.05, 0.1) is 4.88 Å². The van der Waals surface area contributed by atoms with Crippen LogP contribution in [0.1, 0.15) is 31.9 Å². The lowest BCUT2D eigenvalue weighted by Crippen LogP contribution is -2.11. The Labute approximate surface area is 151 Å². The van der Waals surface area contributed by atoms with Crippen molar-refractivity contribution < 1.29 is 9.53 Å². The van der Waals surface area contributed by atoms with Crippen molar-refractivity contribution in [3.05, 3.63) is 75.1 Å². The Hall–Kier alpha value is -2.66. The molecule has 0 unspecified atom stereocenters. The molecule has 2 heterocycles. The van der Waals surface area contributed by atoms with Gasteiger partial charge in [-0.1, -0.05) is 6.07 Å². The lowest BCUT2D eigenvalue weighted by atomic mass is 10.1. The maximum Gasteiger partial charge on any atom is 0.266 e. The Balaban J connectivity index is 1.61. The molecule has 3 aromatic rings. The maximum absolute atomic E-state index is 12.3. The van der Waals surface area contributed by atoms with Crippen molar-refractivity contribution in [3.8, 4) is 5.75 Å². The van der Waals surface area contributed by atoms with E-state index in [9.17, 15) is 4.79 Å². The van der Waals surface area contributed by atoms with E-state index in [2.05, 4.69) is 24.1 Å². The molecule has 0 saturated carbocycles. The zero-order chi connectivity index (χ0) is 17.8. The van der Waals surface area contributed by atoms with E-state index in [0.29, 0.717) is 17.3 Å². The van der Waals surface area contributed by atoms with Crippen LogP contribution in [0.25, 0.3) is 0 Å². The minimum atomic E-state index is -0.152. The average Bonchev–Trinajstić information content (AvgIpc) is 3.05. The highest BCUT2D eigenvalue weighted by atomic mass is 32.1. The topological polar surface area (TPSA) is 51.2 Å². The number of benzene rings is 1. The lowest BCUT2D eigenvalue weighted by Gasteiger charge is -2.07. The number of amides is 1. The highest BCUT2D eigenvalue weighted by molar-refractivity contribution is 7.12. The summed E-state index contributed by atoms with van der Waals surface area (Å²) in [5.74, 6) is 1.25. The standard InChI is InChI=1S/C20H20N2O2S/c1-13-6-7-21-19(8-13)22-20(23)18-10-16(12-25-18)11-24-17-5-4-14(2)15(3)9-17/h4-10,12H,11H2,1-3H3,(H,21,22,23). The van der Waals surface area contributed by atoms with Crippen molar-refractivity contribution in [2.45, 2.75) is 27.4 Å². The quantitative estimate of drug-likeness (QED) is 0.710. The van der Waals surface area contributed by atoms with Crippen molar-refractivity contribution in [2.75, 3.05) is 5.32 Å². The molecule has 0 bridgehead atoms. The molecule has 0 spiro atoms. The molecule has 1 N–H and O–H groups in total. The van der Waals surface area contributed by atoms with Crippen LogP contribution in [0.5, 0.6) is 5.75 Å². The van der Waals surface area contributed by atoms with Crippen LogP contribution in [0.2, 0.25) is 0 Å². The third-order valence-corrected chi connectivity index (χ3v) is 4.90. The zero-order valence-corrected chi connectivity index (χ0v) is 15.3. The number of carbonyl (C=O) groups excluding carboxylic acids is 1. The number of anilines is 1. The molecular formula is C20H20N2O2S. The molecule has 0 saturated heterocycles. The van der Waals surface area contributed by atoms with Crippen molar-refractivity contribution in [1.82, 2.24) is 4.98 Å². The minimum absolute atomic E-state index is 0.152. The first kappa shape index (κ1) is 17.2. The number of ether oxygens (including phenoxy) is 1. The zero-order valence-electron chi connectivity index (χ0n) is 14.5. The van der Waals surface area contributed by atoms with E-state index in [1.807, 2.05) is 48.7 Å². The molecule has 4 nitrogen and oxygen atoms in total. The van der Waals surface area contributed by atoms with Gasteiger partial charge >= 0.3 is 0 Å². The van der Waals surface area contributed by atoms with Gasteiger partial charge in [0.1, 0.15) is 18.2 Å². The maximum atomic E-state index is 12.3. The average molecular weight is 352 g/mol. The SMILES string of the molecule is Cc1ccnc(NC(=O)c2cc(COc3ccc(C)c(C)c3)cs2)c1. The van der Waals surface area contributed by atoms with Gasteiger partial charge in [-0.2, -0.15) is 0 Å². The summed E-state index contributed by atoms with van der Waals surface area (Å²) in [5.41, 5.74) is 4.48. The number of nitrogens with one attached hydrogen (secondary N) is 1. The fourth-order valence-electron chi connectivity index (χ4n) is 2.32. The molecule has 0 fully saturated rings. The summed E-state index contributed by atoms with van der Waals surface area (Å²) in [5, 5.41) is 4.76. The summed E-state index contributed by atoms with van der Waals surface area (Å²) in [6.07, 6.45) is 1.68. The Morgan fingerprint density at radius 2 is 1.96 bits per heavy atom. The Bertz CT molecular complexity index is 902. The van der Waals surface area contributed by atoms with Crippen LogP contribution in [0.15, 0.2) is 48.0 Å². The van der Waals surface area contributed by atoms with Crippen LogP contribution >= 0.6 is 11.3 Å². The smallest absolute Gasteiger partial charge is 0.266 e. The van der Waals surface area contributed by atoms with E-state index < -0.39 is 0 Å². The van der Waals surface area contributed by atoms with Gasteiger partial charge in [-0.05, 0) is 73.2 Å². The molecule has 2 aromatic heterocycles. The Kier molecular flexibility index (Phi) is 5.14. The number of aromatic nitrogens is 1. The summed E-state index contributed by atoms with van der Waals surface area (Å²) >= 11 is 1.40. The normalized spacial score (nSPS) is 10.5. The van der Waals surface area contributed by atoms with Crippen LogP contribution in [0, 0.1) is 20.8 Å². The van der Waals surface area contributed by atoms with Crippen LogP contribution < -0.4 is 10.1 Å². The molecule has 0 aliphatic carbocycles. The second kappa shape index (κ2) is 7.49. The number of pyridine rings is 1. The lowest BCUT2D eigenvalue weighted by molar-refractivity contribution is 0.103. The third kappa shape index (κ3) is 4.45. The summed E-state index contributed by atoms with van der Waals surface area (Å²) in [6.45, 7) is 6.54. The second-order valence-corrected chi connectivity index (χ2v) is 6.94. The van der Waals surface area contributed by atoms with E-state index in [1.165, 1.54) is 22.5 Å². The largest absolute Gasteiger partial charge is 0.489 e. The molecule has 0 aliphatic rings. The summed E-state index contributed by atoms with van der Waals surface area (Å²) < 4.78 is 5.82. The van der Waals surface area contributed by atoms with Gasteiger partial charge in [-0.15, -0.1) is 11.3 Å². The van der Waals surface area contributed by atoms with Crippen LogP contribution in [0.4, 0.5) is 5.82 Å². The molecule has 0 atom stereocenters. The van der Waals surface area contributed by atoms with Crippen LogP contribution in [-0.2, 0) is 6.61 Å². The molecule has 5 heteroatoms. The van der Waals surface area contributed by atoms with Gasteiger partial charge in [-0.3, -0.25) is 4.79 Å². The van der Waals surface area contributed by atoms with Crippen molar-refractivity contribution in [3.63, 3.8) is 0 Å². The molecule has 0 aliphatic heterocycles. The molecular weight excluding hydrogens is 332 g/mol. The van der Waals surface area contributed by atoms with Crippen molar-refractivity contribution in [2.24, 2.45) is 0 Å². The monoisotopic (exact) mass is 352 g/mol. The first-order chi connectivity index (χ1) is 12.0.